The number of rotatable bonds is 11. The molecular weight excluding hydrogens is 492 g/mol. The Morgan fingerprint density at radius 2 is 2.03 bits per heavy atom. The summed E-state index contributed by atoms with van der Waals surface area (Å²) in [6, 6.07) is 5.88. The van der Waals surface area contributed by atoms with Gasteiger partial charge in [-0.05, 0) is 56.4 Å². The molecule has 0 radical (unpaired) electrons. The van der Waals surface area contributed by atoms with E-state index >= 15 is 0 Å². The van der Waals surface area contributed by atoms with Gasteiger partial charge in [0, 0.05) is 17.5 Å². The Labute approximate surface area is 223 Å². The monoisotopic (exact) mass is 530 g/mol. The first-order chi connectivity index (χ1) is 17.7. The molecular formula is C28H38N2O6S. The number of nitrogens with zero attached hydrogens (tertiary/aromatic N) is 2. The number of ether oxygens (including phenoxy) is 2. The fourth-order valence-corrected chi connectivity index (χ4v) is 8.64. The molecule has 1 aromatic carbocycles. The van der Waals surface area contributed by atoms with E-state index in [2.05, 4.69) is 6.58 Å². The van der Waals surface area contributed by atoms with Gasteiger partial charge in [-0.3, -0.25) is 14.4 Å². The Morgan fingerprint density at radius 1 is 1.32 bits per heavy atom. The van der Waals surface area contributed by atoms with Crippen LogP contribution in [-0.2, 0) is 19.1 Å². The molecule has 3 heterocycles. The highest BCUT2D eigenvalue weighted by atomic mass is 32.2. The lowest BCUT2D eigenvalue weighted by Gasteiger charge is -2.40. The molecule has 0 saturated carbocycles. The second-order valence-corrected chi connectivity index (χ2v) is 12.1. The minimum absolute atomic E-state index is 0.0584. The Balaban J connectivity index is 1.80. The van der Waals surface area contributed by atoms with Crippen LogP contribution in [0.25, 0.3) is 0 Å². The van der Waals surface area contributed by atoms with E-state index < -0.39 is 28.7 Å². The topological polar surface area (TPSA) is 96.4 Å². The molecule has 2 bridgehead atoms. The summed E-state index contributed by atoms with van der Waals surface area (Å²) in [4.78, 5) is 45.0. The normalized spacial score (nSPS) is 28.8. The first kappa shape index (κ1) is 27.5. The number of likely N-dealkylation sites (tertiary alicyclic amines) is 1. The average molecular weight is 531 g/mol. The summed E-state index contributed by atoms with van der Waals surface area (Å²) in [7, 11) is 1.58. The van der Waals surface area contributed by atoms with E-state index in [-0.39, 0.29) is 48.7 Å². The lowest BCUT2D eigenvalue weighted by Crippen LogP contribution is -2.57. The van der Waals surface area contributed by atoms with E-state index in [1.807, 2.05) is 26.0 Å². The standard InChI is InChI=1S/C28H38N2O6S/c1-6-14-29(18-8-10-20(35-5)11-9-18)26(33)24-28-13-12-21(37-28)22(27(34)36-7-2)23(28)25(32)30(24)19(16-31)15-17(3)4/h6,8-11,17,19,21-24,31H,1,7,12-16H2,2-5H3/t19-,21-,22+,23+,24?,28?/m1/s1. The van der Waals surface area contributed by atoms with Crippen LogP contribution in [-0.4, -0.2) is 76.7 Å². The Morgan fingerprint density at radius 3 is 2.59 bits per heavy atom. The first-order valence-corrected chi connectivity index (χ1v) is 14.0. The molecule has 202 valence electrons. The van der Waals surface area contributed by atoms with Crippen molar-refractivity contribution >= 4 is 35.2 Å². The lowest BCUT2D eigenvalue weighted by molar-refractivity contribution is -0.154. The molecule has 3 saturated heterocycles. The molecule has 0 aliphatic carbocycles. The van der Waals surface area contributed by atoms with Crippen molar-refractivity contribution in [2.75, 3.05) is 31.8 Å². The predicted octanol–water partition coefficient (Wildman–Crippen LogP) is 3.28. The largest absolute Gasteiger partial charge is 0.497 e. The highest BCUT2D eigenvalue weighted by Gasteiger charge is 2.74. The number of benzene rings is 1. The van der Waals surface area contributed by atoms with Crippen molar-refractivity contribution in [2.24, 2.45) is 17.8 Å². The van der Waals surface area contributed by atoms with Crippen molar-refractivity contribution in [3.8, 4) is 5.75 Å². The Bertz CT molecular complexity index is 1030. The summed E-state index contributed by atoms with van der Waals surface area (Å²) in [6.07, 6.45) is 3.62. The number of hydrogen-bond donors (Lipinski definition) is 1. The van der Waals surface area contributed by atoms with Gasteiger partial charge >= 0.3 is 5.97 Å². The Hall–Kier alpha value is -2.52. The number of thioether (sulfide) groups is 1. The molecule has 2 unspecified atom stereocenters. The number of esters is 1. The zero-order valence-electron chi connectivity index (χ0n) is 22.1. The van der Waals surface area contributed by atoms with Gasteiger partial charge in [0.1, 0.15) is 11.8 Å². The lowest BCUT2D eigenvalue weighted by atomic mass is 9.71. The molecule has 1 spiro atoms. The smallest absolute Gasteiger partial charge is 0.310 e. The van der Waals surface area contributed by atoms with Gasteiger partial charge in [-0.1, -0.05) is 19.9 Å². The van der Waals surface area contributed by atoms with Gasteiger partial charge in [-0.2, -0.15) is 0 Å². The molecule has 1 N–H and O–H groups in total. The molecule has 8 nitrogen and oxygen atoms in total. The van der Waals surface area contributed by atoms with Crippen LogP contribution in [0.4, 0.5) is 5.69 Å². The third-order valence-electron chi connectivity index (χ3n) is 7.84. The number of carbonyl (C=O) groups is 3. The molecule has 3 aliphatic heterocycles. The quantitative estimate of drug-likeness (QED) is 0.347. The number of fused-ring (bicyclic) bond motifs is 1. The van der Waals surface area contributed by atoms with Crippen LogP contribution in [0.2, 0.25) is 0 Å². The molecule has 3 aliphatic rings. The van der Waals surface area contributed by atoms with E-state index in [0.717, 1.165) is 6.42 Å². The average Bonchev–Trinajstić information content (AvgIpc) is 3.53. The van der Waals surface area contributed by atoms with Crippen LogP contribution in [0, 0.1) is 17.8 Å². The Kier molecular flexibility index (Phi) is 8.23. The van der Waals surface area contributed by atoms with Crippen LogP contribution in [0.5, 0.6) is 5.75 Å². The van der Waals surface area contributed by atoms with E-state index in [0.29, 0.717) is 24.3 Å². The zero-order chi connectivity index (χ0) is 26.9. The minimum atomic E-state index is -0.808. The highest BCUT2D eigenvalue weighted by Crippen LogP contribution is 2.67. The number of aliphatic hydroxyl groups is 1. The van der Waals surface area contributed by atoms with Gasteiger partial charge in [0.25, 0.3) is 5.91 Å². The van der Waals surface area contributed by atoms with Crippen LogP contribution >= 0.6 is 11.8 Å². The summed E-state index contributed by atoms with van der Waals surface area (Å²) in [5.41, 5.74) is 0.668. The molecule has 37 heavy (non-hydrogen) atoms. The number of carbonyl (C=O) groups excluding carboxylic acids is 3. The van der Waals surface area contributed by atoms with Crippen molar-refractivity contribution in [2.45, 2.75) is 62.1 Å². The number of aliphatic hydroxyl groups excluding tert-OH is 1. The molecule has 9 heteroatoms. The van der Waals surface area contributed by atoms with Crippen molar-refractivity contribution in [3.05, 3.63) is 36.9 Å². The van der Waals surface area contributed by atoms with E-state index in [1.165, 1.54) is 0 Å². The van der Waals surface area contributed by atoms with E-state index in [9.17, 15) is 19.5 Å². The molecule has 6 atom stereocenters. The van der Waals surface area contributed by atoms with Gasteiger partial charge in [0.15, 0.2) is 0 Å². The number of hydrogen-bond acceptors (Lipinski definition) is 7. The van der Waals surface area contributed by atoms with Crippen molar-refractivity contribution in [3.63, 3.8) is 0 Å². The van der Waals surface area contributed by atoms with Crippen molar-refractivity contribution in [1.29, 1.82) is 0 Å². The molecule has 2 amide bonds. The second kappa shape index (κ2) is 11.1. The third kappa shape index (κ3) is 4.65. The number of anilines is 1. The fraction of sp³-hybridized carbons (Fsp3) is 0.607. The van der Waals surface area contributed by atoms with Gasteiger partial charge in [-0.15, -0.1) is 18.3 Å². The third-order valence-corrected chi connectivity index (χ3v) is 9.79. The maximum absolute atomic E-state index is 14.5. The van der Waals surface area contributed by atoms with Gasteiger partial charge in [-0.25, -0.2) is 0 Å². The maximum atomic E-state index is 14.5. The molecule has 4 rings (SSSR count). The first-order valence-electron chi connectivity index (χ1n) is 13.1. The van der Waals surface area contributed by atoms with Crippen LogP contribution in [0.1, 0.15) is 40.0 Å². The number of methoxy groups -OCH3 is 1. The summed E-state index contributed by atoms with van der Waals surface area (Å²) < 4.78 is 9.94. The maximum Gasteiger partial charge on any atom is 0.310 e. The fourth-order valence-electron chi connectivity index (χ4n) is 6.45. The second-order valence-electron chi connectivity index (χ2n) is 10.5. The van der Waals surface area contributed by atoms with Gasteiger partial charge in [0.05, 0.1) is 42.9 Å². The highest BCUT2D eigenvalue weighted by molar-refractivity contribution is 8.02. The van der Waals surface area contributed by atoms with Crippen LogP contribution in [0.15, 0.2) is 36.9 Å². The summed E-state index contributed by atoms with van der Waals surface area (Å²) >= 11 is 1.60. The molecule has 0 aromatic heterocycles. The van der Waals surface area contributed by atoms with E-state index in [1.54, 1.807) is 53.8 Å². The van der Waals surface area contributed by atoms with Gasteiger partial charge in [0.2, 0.25) is 5.91 Å². The van der Waals surface area contributed by atoms with Crippen molar-refractivity contribution in [1.82, 2.24) is 4.90 Å². The zero-order valence-corrected chi connectivity index (χ0v) is 22.9. The molecule has 3 fully saturated rings. The SMILES string of the molecule is C=CCN(C(=O)C1N([C@@H](CO)CC(C)C)C(=O)[C@@H]2[C@@H](C(=O)OCC)[C@H]3CCC12S3)c1ccc(OC)cc1. The van der Waals surface area contributed by atoms with E-state index in [4.69, 9.17) is 9.47 Å². The predicted molar refractivity (Wildman–Crippen MR) is 143 cm³/mol. The number of amides is 2. The summed E-state index contributed by atoms with van der Waals surface area (Å²) in [5.74, 6) is -1.17. The summed E-state index contributed by atoms with van der Waals surface area (Å²) in [5, 5.41) is 10.4. The molecule has 1 aromatic rings. The van der Waals surface area contributed by atoms with Crippen LogP contribution in [0.3, 0.4) is 0 Å². The summed E-state index contributed by atoms with van der Waals surface area (Å²) in [6.45, 7) is 9.92. The van der Waals surface area contributed by atoms with Gasteiger partial charge < -0.3 is 24.4 Å². The minimum Gasteiger partial charge on any atom is -0.497 e. The van der Waals surface area contributed by atoms with Crippen LogP contribution < -0.4 is 9.64 Å². The van der Waals surface area contributed by atoms with Crippen molar-refractivity contribution < 1.29 is 29.0 Å².